The fourth-order valence-corrected chi connectivity index (χ4v) is 3.16. The van der Waals surface area contributed by atoms with Crippen LogP contribution in [0.2, 0.25) is 0 Å². The molecule has 0 saturated heterocycles. The van der Waals surface area contributed by atoms with Crippen molar-refractivity contribution >= 4 is 5.91 Å². The zero-order valence-corrected chi connectivity index (χ0v) is 14.5. The Labute approximate surface area is 142 Å². The molecule has 1 aromatic carbocycles. The fourth-order valence-electron chi connectivity index (χ4n) is 3.16. The summed E-state index contributed by atoms with van der Waals surface area (Å²) in [5.74, 6) is 0.741. The van der Waals surface area contributed by atoms with Crippen molar-refractivity contribution in [2.45, 2.75) is 19.5 Å². The lowest BCUT2D eigenvalue weighted by Gasteiger charge is -2.30. The first kappa shape index (κ1) is 16.5. The summed E-state index contributed by atoms with van der Waals surface area (Å²) >= 11 is 0. The van der Waals surface area contributed by atoms with Crippen molar-refractivity contribution in [1.82, 2.24) is 14.8 Å². The second-order valence-electron chi connectivity index (χ2n) is 6.38. The summed E-state index contributed by atoms with van der Waals surface area (Å²) in [6.45, 7) is 2.22. The molecule has 0 radical (unpaired) electrons. The van der Waals surface area contributed by atoms with Crippen LogP contribution in [-0.2, 0) is 19.5 Å². The molecule has 0 saturated carbocycles. The zero-order chi connectivity index (χ0) is 17.1. The summed E-state index contributed by atoms with van der Waals surface area (Å²) in [5.41, 5.74) is 4.41. The number of methoxy groups -OCH3 is 1. The van der Waals surface area contributed by atoms with Crippen LogP contribution in [0.5, 0.6) is 5.75 Å². The van der Waals surface area contributed by atoms with Gasteiger partial charge in [-0.3, -0.25) is 9.78 Å². The van der Waals surface area contributed by atoms with Gasteiger partial charge >= 0.3 is 0 Å². The molecule has 0 atom stereocenters. The number of benzene rings is 1. The second kappa shape index (κ2) is 7.01. The molecular formula is C19H23N3O2. The van der Waals surface area contributed by atoms with Crippen molar-refractivity contribution in [2.75, 3.05) is 27.7 Å². The van der Waals surface area contributed by atoms with Crippen molar-refractivity contribution in [3.05, 3.63) is 58.9 Å². The highest BCUT2D eigenvalue weighted by molar-refractivity contribution is 5.94. The van der Waals surface area contributed by atoms with E-state index in [9.17, 15) is 4.79 Å². The van der Waals surface area contributed by atoms with Gasteiger partial charge in [0.2, 0.25) is 0 Å². The van der Waals surface area contributed by atoms with Gasteiger partial charge in [-0.2, -0.15) is 0 Å². The molecule has 1 aliphatic rings. The molecule has 3 rings (SSSR count). The molecule has 5 nitrogen and oxygen atoms in total. The molecule has 24 heavy (non-hydrogen) atoms. The number of ether oxygens (including phenoxy) is 1. The Balaban J connectivity index is 1.81. The number of hydrogen-bond acceptors (Lipinski definition) is 4. The molecule has 1 aliphatic heterocycles. The summed E-state index contributed by atoms with van der Waals surface area (Å²) in [4.78, 5) is 21.2. The SMILES string of the molecule is COc1cccc(C(=O)N2CCc3c(CN(C)C)cncc3C2)c1. The maximum atomic E-state index is 12.8. The number of amides is 1. The smallest absolute Gasteiger partial charge is 0.254 e. The number of carbonyl (C=O) groups excluding carboxylic acids is 1. The number of fused-ring (bicyclic) bond motifs is 1. The van der Waals surface area contributed by atoms with Crippen LogP contribution < -0.4 is 4.74 Å². The van der Waals surface area contributed by atoms with Crippen molar-refractivity contribution in [3.8, 4) is 5.75 Å². The zero-order valence-electron chi connectivity index (χ0n) is 14.5. The minimum atomic E-state index is 0.0394. The van der Waals surface area contributed by atoms with Gasteiger partial charge in [0.15, 0.2) is 0 Å². The van der Waals surface area contributed by atoms with E-state index >= 15 is 0 Å². The largest absolute Gasteiger partial charge is 0.497 e. The van der Waals surface area contributed by atoms with E-state index in [2.05, 4.69) is 24.0 Å². The summed E-state index contributed by atoms with van der Waals surface area (Å²) in [5, 5.41) is 0. The molecule has 1 aromatic heterocycles. The van der Waals surface area contributed by atoms with E-state index in [1.165, 1.54) is 11.1 Å². The Morgan fingerprint density at radius 1 is 1.33 bits per heavy atom. The normalized spacial score (nSPS) is 13.8. The van der Waals surface area contributed by atoms with Gasteiger partial charge in [0.05, 0.1) is 7.11 Å². The number of pyridine rings is 1. The van der Waals surface area contributed by atoms with Gasteiger partial charge in [-0.15, -0.1) is 0 Å². The summed E-state index contributed by atoms with van der Waals surface area (Å²) in [6, 6.07) is 7.32. The molecule has 0 aliphatic carbocycles. The number of carbonyl (C=O) groups is 1. The van der Waals surface area contributed by atoms with Crippen LogP contribution in [0.25, 0.3) is 0 Å². The monoisotopic (exact) mass is 325 g/mol. The average Bonchev–Trinajstić information content (AvgIpc) is 2.60. The first-order valence-electron chi connectivity index (χ1n) is 8.11. The molecular weight excluding hydrogens is 302 g/mol. The average molecular weight is 325 g/mol. The van der Waals surface area contributed by atoms with Crippen LogP contribution in [0, 0.1) is 0 Å². The lowest BCUT2D eigenvalue weighted by Crippen LogP contribution is -2.36. The van der Waals surface area contributed by atoms with Gasteiger partial charge in [0.1, 0.15) is 5.75 Å². The lowest BCUT2D eigenvalue weighted by atomic mass is 9.96. The van der Waals surface area contributed by atoms with E-state index in [4.69, 9.17) is 4.74 Å². The quantitative estimate of drug-likeness (QED) is 0.866. The summed E-state index contributed by atoms with van der Waals surface area (Å²) in [7, 11) is 5.72. The van der Waals surface area contributed by atoms with Gasteiger partial charge in [0, 0.05) is 37.6 Å². The first-order valence-corrected chi connectivity index (χ1v) is 8.11. The van der Waals surface area contributed by atoms with Crippen LogP contribution >= 0.6 is 0 Å². The third kappa shape index (κ3) is 3.41. The number of nitrogens with zero attached hydrogens (tertiary/aromatic N) is 3. The van der Waals surface area contributed by atoms with Crippen LogP contribution in [0.1, 0.15) is 27.0 Å². The summed E-state index contributed by atoms with van der Waals surface area (Å²) < 4.78 is 5.22. The lowest BCUT2D eigenvalue weighted by molar-refractivity contribution is 0.0733. The molecule has 0 spiro atoms. The highest BCUT2D eigenvalue weighted by Crippen LogP contribution is 2.24. The van der Waals surface area contributed by atoms with Gasteiger partial charge in [-0.1, -0.05) is 6.07 Å². The maximum Gasteiger partial charge on any atom is 0.254 e. The third-order valence-corrected chi connectivity index (χ3v) is 4.32. The van der Waals surface area contributed by atoms with Gasteiger partial charge < -0.3 is 14.5 Å². The van der Waals surface area contributed by atoms with Crippen LogP contribution in [0.4, 0.5) is 0 Å². The molecule has 0 bridgehead atoms. The van der Waals surface area contributed by atoms with Crippen LogP contribution in [-0.4, -0.2) is 48.4 Å². The second-order valence-corrected chi connectivity index (χ2v) is 6.38. The van der Waals surface area contributed by atoms with E-state index in [1.807, 2.05) is 35.5 Å². The van der Waals surface area contributed by atoms with Crippen molar-refractivity contribution in [2.24, 2.45) is 0 Å². The predicted molar refractivity (Wildman–Crippen MR) is 93.1 cm³/mol. The third-order valence-electron chi connectivity index (χ3n) is 4.32. The van der Waals surface area contributed by atoms with Crippen LogP contribution in [0.3, 0.4) is 0 Å². The van der Waals surface area contributed by atoms with Gasteiger partial charge in [0.25, 0.3) is 5.91 Å². The Morgan fingerprint density at radius 3 is 2.92 bits per heavy atom. The van der Waals surface area contributed by atoms with E-state index < -0.39 is 0 Å². The Morgan fingerprint density at radius 2 is 2.17 bits per heavy atom. The molecule has 0 N–H and O–H groups in total. The fraction of sp³-hybridized carbons (Fsp3) is 0.368. The van der Waals surface area contributed by atoms with Gasteiger partial charge in [-0.05, 0) is 55.4 Å². The van der Waals surface area contributed by atoms with E-state index in [-0.39, 0.29) is 5.91 Å². The molecule has 126 valence electrons. The Kier molecular flexibility index (Phi) is 4.81. The van der Waals surface area contributed by atoms with Crippen molar-refractivity contribution < 1.29 is 9.53 Å². The Hall–Kier alpha value is -2.40. The van der Waals surface area contributed by atoms with E-state index in [1.54, 1.807) is 13.2 Å². The highest BCUT2D eigenvalue weighted by Gasteiger charge is 2.24. The molecule has 2 aromatic rings. The minimum Gasteiger partial charge on any atom is -0.497 e. The van der Waals surface area contributed by atoms with Gasteiger partial charge in [-0.25, -0.2) is 0 Å². The molecule has 0 unspecified atom stereocenters. The number of hydrogen-bond donors (Lipinski definition) is 0. The topological polar surface area (TPSA) is 45.7 Å². The Bertz CT molecular complexity index is 743. The maximum absolute atomic E-state index is 12.8. The molecule has 1 amide bonds. The predicted octanol–water partition coefficient (Wildman–Crippen LogP) is 2.35. The number of rotatable bonds is 4. The van der Waals surface area contributed by atoms with Crippen LogP contribution in [0.15, 0.2) is 36.7 Å². The van der Waals surface area contributed by atoms with Crippen molar-refractivity contribution in [1.29, 1.82) is 0 Å². The minimum absolute atomic E-state index is 0.0394. The highest BCUT2D eigenvalue weighted by atomic mass is 16.5. The number of aromatic nitrogens is 1. The first-order chi connectivity index (χ1) is 11.6. The van der Waals surface area contributed by atoms with E-state index in [0.29, 0.717) is 17.9 Å². The molecule has 5 heteroatoms. The standard InChI is InChI=1S/C19H23N3O2/c1-21(2)12-15-10-20-11-16-13-22(8-7-18(15)16)19(23)14-5-4-6-17(9-14)24-3/h4-6,9-11H,7-8,12-13H2,1-3H3. The molecule has 0 fully saturated rings. The summed E-state index contributed by atoms with van der Waals surface area (Å²) in [6.07, 6.45) is 4.70. The molecule has 2 heterocycles. The van der Waals surface area contributed by atoms with E-state index in [0.717, 1.165) is 25.1 Å². The van der Waals surface area contributed by atoms with Crippen molar-refractivity contribution in [3.63, 3.8) is 0 Å².